The number of nitrogens with zero attached hydrogens (tertiary/aromatic N) is 1. The molecular weight excluding hydrogens is 288 g/mol. The molecule has 0 aromatic heterocycles. The molecule has 1 heterocycles. The van der Waals surface area contributed by atoms with Gasteiger partial charge in [0.1, 0.15) is 0 Å². The van der Waals surface area contributed by atoms with Crippen molar-refractivity contribution < 1.29 is 9.59 Å². The zero-order valence-corrected chi connectivity index (χ0v) is 14.3. The summed E-state index contributed by atoms with van der Waals surface area (Å²) in [6.45, 7) is 4.81. The standard InChI is InChI=1S/C19H28N2O2/c1-3-15-7-9-16(10-8-15)18(22)11-12-19(23)21-13-5-4-6-17(21)14(2)20/h7-10,14,17H,3-6,11-13,20H2,1-2H3. The number of amides is 1. The van der Waals surface area contributed by atoms with Gasteiger partial charge in [0.15, 0.2) is 5.78 Å². The van der Waals surface area contributed by atoms with Crippen LogP contribution in [-0.2, 0) is 11.2 Å². The Balaban J connectivity index is 1.90. The molecule has 4 heteroatoms. The number of carbonyl (C=O) groups is 2. The molecule has 2 N–H and O–H groups in total. The van der Waals surface area contributed by atoms with Crippen LogP contribution in [0, 0.1) is 0 Å². The first kappa shape index (κ1) is 17.7. The summed E-state index contributed by atoms with van der Waals surface area (Å²) in [5, 5.41) is 0. The van der Waals surface area contributed by atoms with Gasteiger partial charge in [0.05, 0.1) is 0 Å². The quantitative estimate of drug-likeness (QED) is 0.821. The molecule has 0 spiro atoms. The van der Waals surface area contributed by atoms with Gasteiger partial charge in [0, 0.05) is 37.0 Å². The van der Waals surface area contributed by atoms with Crippen LogP contribution in [-0.4, -0.2) is 35.2 Å². The van der Waals surface area contributed by atoms with Crippen LogP contribution in [0.2, 0.25) is 0 Å². The number of nitrogens with two attached hydrogens (primary N) is 1. The van der Waals surface area contributed by atoms with Crippen molar-refractivity contribution in [3.63, 3.8) is 0 Å². The van der Waals surface area contributed by atoms with Gasteiger partial charge < -0.3 is 10.6 Å². The maximum absolute atomic E-state index is 12.5. The normalized spacial score (nSPS) is 19.4. The second kappa shape index (κ2) is 8.25. The number of piperidine rings is 1. The number of aryl methyl sites for hydroxylation is 1. The Bertz CT molecular complexity index is 537. The van der Waals surface area contributed by atoms with Crippen LogP contribution in [0.4, 0.5) is 0 Å². The zero-order valence-electron chi connectivity index (χ0n) is 14.3. The Kier molecular flexibility index (Phi) is 6.34. The second-order valence-corrected chi connectivity index (χ2v) is 6.48. The number of hydrogen-bond acceptors (Lipinski definition) is 3. The van der Waals surface area contributed by atoms with Gasteiger partial charge in [0.2, 0.25) is 5.91 Å². The fraction of sp³-hybridized carbons (Fsp3) is 0.579. The van der Waals surface area contributed by atoms with Gasteiger partial charge in [0.25, 0.3) is 0 Å². The Hall–Kier alpha value is -1.68. The van der Waals surface area contributed by atoms with E-state index in [9.17, 15) is 9.59 Å². The summed E-state index contributed by atoms with van der Waals surface area (Å²) in [6, 6.07) is 7.78. The molecule has 0 saturated carbocycles. The first-order valence-corrected chi connectivity index (χ1v) is 8.70. The summed E-state index contributed by atoms with van der Waals surface area (Å²) in [5.41, 5.74) is 7.91. The van der Waals surface area contributed by atoms with E-state index >= 15 is 0 Å². The minimum Gasteiger partial charge on any atom is -0.338 e. The molecule has 1 aliphatic heterocycles. The van der Waals surface area contributed by atoms with E-state index < -0.39 is 0 Å². The van der Waals surface area contributed by atoms with Gasteiger partial charge in [-0.15, -0.1) is 0 Å². The number of hydrogen-bond donors (Lipinski definition) is 1. The maximum atomic E-state index is 12.5. The molecule has 0 aliphatic carbocycles. The van der Waals surface area contributed by atoms with Crippen molar-refractivity contribution in [2.45, 2.75) is 64.5 Å². The summed E-state index contributed by atoms with van der Waals surface area (Å²) in [5.74, 6) is 0.0980. The van der Waals surface area contributed by atoms with Crippen LogP contribution < -0.4 is 5.73 Å². The zero-order chi connectivity index (χ0) is 16.8. The van der Waals surface area contributed by atoms with Crippen molar-refractivity contribution in [2.24, 2.45) is 5.73 Å². The van der Waals surface area contributed by atoms with E-state index in [0.717, 1.165) is 32.2 Å². The maximum Gasteiger partial charge on any atom is 0.223 e. The summed E-state index contributed by atoms with van der Waals surface area (Å²) in [7, 11) is 0. The van der Waals surface area contributed by atoms with Crippen LogP contribution >= 0.6 is 0 Å². The number of Topliss-reactive ketones (excluding diaryl/α,β-unsaturated/α-hetero) is 1. The second-order valence-electron chi connectivity index (χ2n) is 6.48. The molecule has 2 rings (SSSR count). The van der Waals surface area contributed by atoms with Crippen molar-refractivity contribution in [3.05, 3.63) is 35.4 Å². The Morgan fingerprint density at radius 3 is 2.52 bits per heavy atom. The van der Waals surface area contributed by atoms with Crippen LogP contribution in [0.5, 0.6) is 0 Å². The highest BCUT2D eigenvalue weighted by Crippen LogP contribution is 2.20. The van der Waals surface area contributed by atoms with Crippen molar-refractivity contribution in [3.8, 4) is 0 Å². The molecule has 1 saturated heterocycles. The van der Waals surface area contributed by atoms with E-state index in [1.165, 1.54) is 5.56 Å². The van der Waals surface area contributed by atoms with Crippen LogP contribution in [0.25, 0.3) is 0 Å². The minimum atomic E-state index is -0.0171. The summed E-state index contributed by atoms with van der Waals surface area (Å²) >= 11 is 0. The topological polar surface area (TPSA) is 63.4 Å². The van der Waals surface area contributed by atoms with Gasteiger partial charge >= 0.3 is 0 Å². The predicted octanol–water partition coefficient (Wildman–Crippen LogP) is 2.94. The SMILES string of the molecule is CCc1ccc(C(=O)CCC(=O)N2CCCCC2C(C)N)cc1. The first-order valence-electron chi connectivity index (χ1n) is 8.70. The van der Waals surface area contributed by atoms with Crippen molar-refractivity contribution in [2.75, 3.05) is 6.54 Å². The van der Waals surface area contributed by atoms with Crippen molar-refractivity contribution in [1.29, 1.82) is 0 Å². The smallest absolute Gasteiger partial charge is 0.223 e. The van der Waals surface area contributed by atoms with E-state index in [0.29, 0.717) is 5.56 Å². The highest BCUT2D eigenvalue weighted by molar-refractivity contribution is 5.98. The van der Waals surface area contributed by atoms with Gasteiger partial charge in [-0.2, -0.15) is 0 Å². The Morgan fingerprint density at radius 2 is 1.91 bits per heavy atom. The molecule has 1 aromatic carbocycles. The van der Waals surface area contributed by atoms with Gasteiger partial charge in [-0.05, 0) is 38.2 Å². The molecule has 0 radical (unpaired) electrons. The molecule has 2 atom stereocenters. The minimum absolute atomic E-state index is 0.0171. The lowest BCUT2D eigenvalue weighted by molar-refractivity contribution is -0.135. The monoisotopic (exact) mass is 316 g/mol. The van der Waals surface area contributed by atoms with Crippen molar-refractivity contribution >= 4 is 11.7 Å². The molecule has 0 bridgehead atoms. The first-order chi connectivity index (χ1) is 11.0. The molecule has 1 fully saturated rings. The molecular formula is C19H28N2O2. The highest BCUT2D eigenvalue weighted by Gasteiger charge is 2.29. The molecule has 23 heavy (non-hydrogen) atoms. The Morgan fingerprint density at radius 1 is 1.22 bits per heavy atom. The number of likely N-dealkylation sites (tertiary alicyclic amines) is 1. The summed E-state index contributed by atoms with van der Waals surface area (Å²) in [6.07, 6.45) is 4.63. The van der Waals surface area contributed by atoms with Crippen molar-refractivity contribution in [1.82, 2.24) is 4.90 Å². The lowest BCUT2D eigenvalue weighted by Crippen LogP contribution is -2.51. The van der Waals surface area contributed by atoms with Gasteiger partial charge in [-0.25, -0.2) is 0 Å². The van der Waals surface area contributed by atoms with Crippen LogP contribution in [0.1, 0.15) is 61.9 Å². The Labute approximate surface area is 139 Å². The molecule has 1 amide bonds. The third kappa shape index (κ3) is 4.64. The third-order valence-corrected chi connectivity index (χ3v) is 4.73. The fourth-order valence-corrected chi connectivity index (χ4v) is 3.25. The third-order valence-electron chi connectivity index (χ3n) is 4.73. The summed E-state index contributed by atoms with van der Waals surface area (Å²) in [4.78, 5) is 26.6. The molecule has 4 nitrogen and oxygen atoms in total. The lowest BCUT2D eigenvalue weighted by Gasteiger charge is -2.38. The number of benzene rings is 1. The number of carbonyl (C=O) groups excluding carboxylic acids is 2. The van der Waals surface area contributed by atoms with Gasteiger partial charge in [-0.3, -0.25) is 9.59 Å². The predicted molar refractivity (Wildman–Crippen MR) is 92.4 cm³/mol. The average molecular weight is 316 g/mol. The van der Waals surface area contributed by atoms with Gasteiger partial charge in [-0.1, -0.05) is 31.2 Å². The average Bonchev–Trinajstić information content (AvgIpc) is 2.59. The fourth-order valence-electron chi connectivity index (χ4n) is 3.25. The molecule has 2 unspecified atom stereocenters. The van der Waals surface area contributed by atoms with E-state index in [-0.39, 0.29) is 36.6 Å². The lowest BCUT2D eigenvalue weighted by atomic mass is 9.96. The largest absolute Gasteiger partial charge is 0.338 e. The number of ketones is 1. The summed E-state index contributed by atoms with van der Waals surface area (Å²) < 4.78 is 0. The molecule has 1 aromatic rings. The highest BCUT2D eigenvalue weighted by atomic mass is 16.2. The van der Waals surface area contributed by atoms with E-state index in [1.807, 2.05) is 36.1 Å². The van der Waals surface area contributed by atoms with Crippen LogP contribution in [0.15, 0.2) is 24.3 Å². The van der Waals surface area contributed by atoms with E-state index in [2.05, 4.69) is 6.92 Å². The molecule has 1 aliphatic rings. The van der Waals surface area contributed by atoms with E-state index in [1.54, 1.807) is 0 Å². The van der Waals surface area contributed by atoms with E-state index in [4.69, 9.17) is 5.73 Å². The van der Waals surface area contributed by atoms with Crippen LogP contribution in [0.3, 0.4) is 0 Å². The number of rotatable bonds is 6. The molecule has 126 valence electrons.